The van der Waals surface area contributed by atoms with E-state index in [9.17, 15) is 9.59 Å². The summed E-state index contributed by atoms with van der Waals surface area (Å²) < 4.78 is 6.30. The highest BCUT2D eigenvalue weighted by molar-refractivity contribution is 7.20. The van der Waals surface area contributed by atoms with Gasteiger partial charge in [-0.25, -0.2) is 4.79 Å². The lowest BCUT2D eigenvalue weighted by Crippen LogP contribution is -2.28. The Kier molecular flexibility index (Phi) is 6.02. The van der Waals surface area contributed by atoms with E-state index in [1.165, 1.54) is 16.9 Å². The van der Waals surface area contributed by atoms with Crippen molar-refractivity contribution in [1.29, 1.82) is 0 Å². The highest BCUT2D eigenvalue weighted by atomic mass is 32.1. The number of benzene rings is 2. The summed E-state index contributed by atoms with van der Waals surface area (Å²) in [5.74, 6) is -0.386. The monoisotopic (exact) mass is 367 g/mol. The van der Waals surface area contributed by atoms with Gasteiger partial charge in [-0.05, 0) is 36.4 Å². The van der Waals surface area contributed by atoms with Crippen molar-refractivity contribution in [3.05, 3.63) is 70.6 Å². The van der Waals surface area contributed by atoms with Crippen LogP contribution in [-0.4, -0.2) is 25.0 Å². The third-order valence-corrected chi connectivity index (χ3v) is 5.14. The molecule has 0 aliphatic carbocycles. The van der Waals surface area contributed by atoms with Crippen LogP contribution in [0.25, 0.3) is 10.1 Å². The van der Waals surface area contributed by atoms with Crippen LogP contribution in [0.5, 0.6) is 0 Å². The second kappa shape index (κ2) is 8.63. The van der Waals surface area contributed by atoms with Gasteiger partial charge in [-0.1, -0.05) is 48.0 Å². The lowest BCUT2D eigenvalue weighted by Gasteiger charge is -2.06. The van der Waals surface area contributed by atoms with E-state index in [0.29, 0.717) is 24.3 Å². The van der Waals surface area contributed by atoms with Crippen LogP contribution in [0.3, 0.4) is 0 Å². The Morgan fingerprint density at radius 2 is 1.85 bits per heavy atom. The topological polar surface area (TPSA) is 55.4 Å². The summed E-state index contributed by atoms with van der Waals surface area (Å²) in [6.07, 6.45) is 1.13. The normalized spacial score (nSPS) is 10.7. The predicted octanol–water partition coefficient (Wildman–Crippen LogP) is 4.12. The summed E-state index contributed by atoms with van der Waals surface area (Å²) in [6.45, 7) is 2.53. The Balaban J connectivity index is 1.37. The van der Waals surface area contributed by atoms with Crippen molar-refractivity contribution < 1.29 is 14.3 Å². The number of fused-ring (bicyclic) bond motifs is 1. The van der Waals surface area contributed by atoms with E-state index in [2.05, 4.69) is 5.32 Å². The van der Waals surface area contributed by atoms with Gasteiger partial charge in [0.15, 0.2) is 0 Å². The van der Waals surface area contributed by atoms with Crippen molar-refractivity contribution >= 4 is 33.3 Å². The van der Waals surface area contributed by atoms with Crippen molar-refractivity contribution in [1.82, 2.24) is 5.32 Å². The quantitative estimate of drug-likeness (QED) is 0.505. The zero-order valence-corrected chi connectivity index (χ0v) is 15.5. The van der Waals surface area contributed by atoms with Crippen LogP contribution in [-0.2, 0) is 16.0 Å². The van der Waals surface area contributed by atoms with Crippen LogP contribution in [0.4, 0.5) is 0 Å². The Labute approximate surface area is 156 Å². The molecule has 0 atom stereocenters. The first-order chi connectivity index (χ1) is 12.6. The summed E-state index contributed by atoms with van der Waals surface area (Å²) in [6, 6.07) is 17.8. The number of hydrogen-bond donors (Lipinski definition) is 1. The van der Waals surface area contributed by atoms with Crippen LogP contribution in [0, 0.1) is 6.92 Å². The number of carbonyl (C=O) groups is 2. The zero-order chi connectivity index (χ0) is 18.4. The van der Waals surface area contributed by atoms with Crippen molar-refractivity contribution in [2.45, 2.75) is 19.8 Å². The molecule has 5 heteroatoms. The summed E-state index contributed by atoms with van der Waals surface area (Å²) in [5, 5.41) is 3.82. The van der Waals surface area contributed by atoms with Crippen molar-refractivity contribution in [3.8, 4) is 0 Å². The molecular weight excluding hydrogens is 346 g/mol. The second-order valence-electron chi connectivity index (χ2n) is 6.12. The summed E-state index contributed by atoms with van der Waals surface area (Å²) >= 11 is 1.41. The molecule has 3 rings (SSSR count). The molecule has 0 saturated heterocycles. The Morgan fingerprint density at radius 3 is 2.62 bits per heavy atom. The molecule has 0 spiro atoms. The molecule has 4 nitrogen and oxygen atoms in total. The molecule has 0 fully saturated rings. The van der Waals surface area contributed by atoms with Crippen LogP contribution < -0.4 is 5.32 Å². The summed E-state index contributed by atoms with van der Waals surface area (Å²) in [5.41, 5.74) is 2.35. The molecule has 1 aromatic heterocycles. The Bertz CT molecular complexity index is 866. The number of hydrogen-bond acceptors (Lipinski definition) is 4. The van der Waals surface area contributed by atoms with Gasteiger partial charge in [0.2, 0.25) is 5.91 Å². The van der Waals surface area contributed by atoms with Gasteiger partial charge < -0.3 is 10.1 Å². The van der Waals surface area contributed by atoms with Crippen LogP contribution in [0.15, 0.2) is 54.6 Å². The standard InChI is InChI=1S/C21H21NO3S/c1-15-6-8-16(9-7-15)10-11-20(23)22-12-13-25-21(24)19-14-17-4-2-3-5-18(17)26-19/h2-9,14H,10-13H2,1H3,(H,22,23). The number of ether oxygens (including phenoxy) is 1. The number of rotatable bonds is 7. The van der Waals surface area contributed by atoms with Gasteiger partial charge in [0.05, 0.1) is 6.54 Å². The highest BCUT2D eigenvalue weighted by Crippen LogP contribution is 2.25. The van der Waals surface area contributed by atoms with Gasteiger partial charge in [-0.3, -0.25) is 4.79 Å². The molecule has 1 heterocycles. The van der Waals surface area contributed by atoms with Crippen LogP contribution >= 0.6 is 11.3 Å². The summed E-state index contributed by atoms with van der Waals surface area (Å²) in [4.78, 5) is 24.5. The van der Waals surface area contributed by atoms with E-state index >= 15 is 0 Å². The fourth-order valence-electron chi connectivity index (χ4n) is 2.59. The van der Waals surface area contributed by atoms with E-state index in [4.69, 9.17) is 4.74 Å². The largest absolute Gasteiger partial charge is 0.460 e. The van der Waals surface area contributed by atoms with Crippen molar-refractivity contribution in [2.75, 3.05) is 13.2 Å². The highest BCUT2D eigenvalue weighted by Gasteiger charge is 2.11. The Morgan fingerprint density at radius 1 is 1.08 bits per heavy atom. The maximum Gasteiger partial charge on any atom is 0.348 e. The van der Waals surface area contributed by atoms with E-state index < -0.39 is 0 Å². The molecule has 26 heavy (non-hydrogen) atoms. The molecule has 0 aliphatic heterocycles. The molecule has 1 amide bonds. The molecule has 134 valence electrons. The summed E-state index contributed by atoms with van der Waals surface area (Å²) in [7, 11) is 0. The molecule has 0 radical (unpaired) electrons. The first-order valence-electron chi connectivity index (χ1n) is 8.60. The van der Waals surface area contributed by atoms with Crippen LogP contribution in [0.1, 0.15) is 27.2 Å². The third kappa shape index (κ3) is 4.92. The van der Waals surface area contributed by atoms with Gasteiger partial charge in [-0.2, -0.15) is 0 Å². The average molecular weight is 367 g/mol. The number of esters is 1. The van der Waals surface area contributed by atoms with E-state index in [1.54, 1.807) is 0 Å². The predicted molar refractivity (Wildman–Crippen MR) is 105 cm³/mol. The molecule has 0 saturated carbocycles. The molecule has 0 unspecified atom stereocenters. The van der Waals surface area contributed by atoms with Crippen molar-refractivity contribution in [3.63, 3.8) is 0 Å². The van der Waals surface area contributed by atoms with Gasteiger partial charge in [0.1, 0.15) is 11.5 Å². The fourth-order valence-corrected chi connectivity index (χ4v) is 3.55. The van der Waals surface area contributed by atoms with Gasteiger partial charge in [0, 0.05) is 11.1 Å². The smallest absolute Gasteiger partial charge is 0.348 e. The number of amides is 1. The van der Waals surface area contributed by atoms with Gasteiger partial charge in [0.25, 0.3) is 0 Å². The number of aryl methyl sites for hydroxylation is 2. The van der Waals surface area contributed by atoms with E-state index in [0.717, 1.165) is 15.6 Å². The number of carbonyl (C=O) groups excluding carboxylic acids is 2. The average Bonchev–Trinajstić information content (AvgIpc) is 3.09. The first-order valence-corrected chi connectivity index (χ1v) is 9.41. The van der Waals surface area contributed by atoms with E-state index in [-0.39, 0.29) is 18.5 Å². The molecule has 0 bridgehead atoms. The minimum atomic E-state index is -0.347. The zero-order valence-electron chi connectivity index (χ0n) is 14.7. The van der Waals surface area contributed by atoms with Gasteiger partial charge >= 0.3 is 5.97 Å². The molecule has 0 aliphatic rings. The number of thiophene rings is 1. The first kappa shape index (κ1) is 18.1. The third-order valence-electron chi connectivity index (χ3n) is 4.05. The fraction of sp³-hybridized carbons (Fsp3) is 0.238. The Hall–Kier alpha value is -2.66. The van der Waals surface area contributed by atoms with Crippen LogP contribution in [0.2, 0.25) is 0 Å². The SMILES string of the molecule is Cc1ccc(CCC(=O)NCCOC(=O)c2cc3ccccc3s2)cc1. The molecule has 2 aromatic carbocycles. The second-order valence-corrected chi connectivity index (χ2v) is 7.20. The molecule has 3 aromatic rings. The minimum Gasteiger partial charge on any atom is -0.460 e. The molecular formula is C21H21NO3S. The van der Waals surface area contributed by atoms with Crippen molar-refractivity contribution in [2.24, 2.45) is 0 Å². The lowest BCUT2D eigenvalue weighted by molar-refractivity contribution is -0.121. The molecule has 1 N–H and O–H groups in total. The van der Waals surface area contributed by atoms with E-state index in [1.807, 2.05) is 61.5 Å². The van der Waals surface area contributed by atoms with Gasteiger partial charge in [-0.15, -0.1) is 11.3 Å². The number of nitrogens with one attached hydrogen (secondary N) is 1. The maximum absolute atomic E-state index is 12.1. The maximum atomic E-state index is 12.1. The minimum absolute atomic E-state index is 0.0384. The lowest BCUT2D eigenvalue weighted by atomic mass is 10.1.